The molecule has 8 heteroatoms. The van der Waals surface area contributed by atoms with Crippen LogP contribution in [-0.4, -0.2) is 43.3 Å². The van der Waals surface area contributed by atoms with E-state index in [-0.39, 0.29) is 20.7 Å². The van der Waals surface area contributed by atoms with Gasteiger partial charge in [0.05, 0.1) is 10.5 Å². The number of carbonyl (C=O) groups is 3. The van der Waals surface area contributed by atoms with Crippen LogP contribution >= 0.6 is 24.0 Å². The van der Waals surface area contributed by atoms with Crippen LogP contribution in [0.3, 0.4) is 0 Å². The Hall–Kier alpha value is -2.19. The first-order valence-electron chi connectivity index (χ1n) is 7.06. The number of nitrogens with zero attached hydrogens (tertiary/aromatic N) is 1. The van der Waals surface area contributed by atoms with Gasteiger partial charge in [-0.05, 0) is 23.6 Å². The lowest BCUT2D eigenvalue weighted by Crippen LogP contribution is -2.47. The topological polar surface area (TPSA) is 94.9 Å². The van der Waals surface area contributed by atoms with Crippen molar-refractivity contribution in [3.05, 3.63) is 40.3 Å². The van der Waals surface area contributed by atoms with Crippen LogP contribution in [0.25, 0.3) is 6.08 Å². The molecule has 1 amide bonds. The number of aromatic carboxylic acids is 1. The Morgan fingerprint density at radius 3 is 2.42 bits per heavy atom. The van der Waals surface area contributed by atoms with E-state index in [0.29, 0.717) is 5.56 Å². The highest BCUT2D eigenvalue weighted by atomic mass is 32.2. The Balaban J connectivity index is 2.42. The summed E-state index contributed by atoms with van der Waals surface area (Å²) in [6.07, 6.45) is 1.43. The van der Waals surface area contributed by atoms with Gasteiger partial charge in [-0.15, -0.1) is 0 Å². The van der Waals surface area contributed by atoms with Gasteiger partial charge in [0.15, 0.2) is 0 Å². The molecular formula is C16H15NO5S2. The Morgan fingerprint density at radius 1 is 1.25 bits per heavy atom. The fourth-order valence-corrected chi connectivity index (χ4v) is 3.69. The van der Waals surface area contributed by atoms with Crippen LogP contribution in [0.2, 0.25) is 0 Å². The average Bonchev–Trinajstić information content (AvgIpc) is 2.75. The highest BCUT2D eigenvalue weighted by molar-refractivity contribution is 8.26. The molecule has 126 valence electrons. The fourth-order valence-electron chi connectivity index (χ4n) is 2.37. The molecule has 6 nitrogen and oxygen atoms in total. The third kappa shape index (κ3) is 3.49. The molecule has 24 heavy (non-hydrogen) atoms. The van der Waals surface area contributed by atoms with Crippen molar-refractivity contribution in [3.8, 4) is 0 Å². The number of thiocarbonyl (C=S) groups is 1. The quantitative estimate of drug-likeness (QED) is 0.612. The van der Waals surface area contributed by atoms with Crippen molar-refractivity contribution in [2.24, 2.45) is 5.92 Å². The lowest BCUT2D eigenvalue weighted by Gasteiger charge is -2.26. The SMILES string of the molecule is CC(C)C(C(=O)O)N1C(=O)/C(=C\c2ccccc2C(=O)O)SC1=S. The van der Waals surface area contributed by atoms with E-state index in [0.717, 1.165) is 16.7 Å². The average molecular weight is 365 g/mol. The van der Waals surface area contributed by atoms with Gasteiger partial charge >= 0.3 is 11.9 Å². The molecule has 1 aliphatic heterocycles. The number of hydrogen-bond donors (Lipinski definition) is 2. The maximum atomic E-state index is 12.6. The minimum atomic E-state index is -1.13. The molecule has 1 heterocycles. The van der Waals surface area contributed by atoms with E-state index in [2.05, 4.69) is 0 Å². The van der Waals surface area contributed by atoms with Gasteiger partial charge in [0.1, 0.15) is 10.4 Å². The van der Waals surface area contributed by atoms with E-state index in [1.165, 1.54) is 12.1 Å². The first-order valence-corrected chi connectivity index (χ1v) is 8.28. The molecule has 1 fully saturated rings. The summed E-state index contributed by atoms with van der Waals surface area (Å²) in [5.74, 6) is -3.08. The number of carbonyl (C=O) groups excluding carboxylic acids is 1. The molecule has 1 aromatic rings. The third-order valence-electron chi connectivity index (χ3n) is 3.46. The molecule has 2 rings (SSSR count). The molecule has 0 saturated carbocycles. The molecule has 2 N–H and O–H groups in total. The van der Waals surface area contributed by atoms with Crippen molar-refractivity contribution >= 4 is 52.2 Å². The number of amides is 1. The highest BCUT2D eigenvalue weighted by Crippen LogP contribution is 2.35. The monoisotopic (exact) mass is 365 g/mol. The number of hydrogen-bond acceptors (Lipinski definition) is 5. The Bertz CT molecular complexity index is 757. The number of carboxylic acids is 2. The van der Waals surface area contributed by atoms with Gasteiger partial charge < -0.3 is 10.2 Å². The summed E-state index contributed by atoms with van der Waals surface area (Å²) in [6, 6.07) is 5.20. The van der Waals surface area contributed by atoms with E-state index >= 15 is 0 Å². The second-order valence-electron chi connectivity index (χ2n) is 5.47. The number of thioether (sulfide) groups is 1. The maximum Gasteiger partial charge on any atom is 0.336 e. The van der Waals surface area contributed by atoms with Gasteiger partial charge in [0.25, 0.3) is 5.91 Å². The molecule has 0 spiro atoms. The van der Waals surface area contributed by atoms with Crippen molar-refractivity contribution in [1.82, 2.24) is 4.90 Å². The minimum absolute atomic E-state index is 0.0569. The van der Waals surface area contributed by atoms with Gasteiger partial charge in [0, 0.05) is 0 Å². The molecule has 0 aliphatic carbocycles. The van der Waals surface area contributed by atoms with Crippen LogP contribution in [0, 0.1) is 5.92 Å². The van der Waals surface area contributed by atoms with Gasteiger partial charge in [-0.1, -0.05) is 56.0 Å². The smallest absolute Gasteiger partial charge is 0.336 e. The van der Waals surface area contributed by atoms with Crippen molar-refractivity contribution in [2.75, 3.05) is 0 Å². The first kappa shape index (κ1) is 18.2. The van der Waals surface area contributed by atoms with Crippen molar-refractivity contribution < 1.29 is 24.6 Å². The van der Waals surface area contributed by atoms with Crippen molar-refractivity contribution in [2.45, 2.75) is 19.9 Å². The molecule has 1 aliphatic rings. The Morgan fingerprint density at radius 2 is 1.88 bits per heavy atom. The molecule has 0 radical (unpaired) electrons. The number of rotatable bonds is 5. The molecule has 1 saturated heterocycles. The van der Waals surface area contributed by atoms with Gasteiger partial charge in [-0.3, -0.25) is 9.69 Å². The molecule has 1 unspecified atom stereocenters. The summed E-state index contributed by atoms with van der Waals surface area (Å²) in [6.45, 7) is 3.39. The van der Waals surface area contributed by atoms with Crippen LogP contribution in [-0.2, 0) is 9.59 Å². The molecule has 0 bridgehead atoms. The summed E-state index contributed by atoms with van der Waals surface area (Å²) < 4.78 is 0.153. The summed E-state index contributed by atoms with van der Waals surface area (Å²) in [5.41, 5.74) is 0.420. The van der Waals surface area contributed by atoms with Crippen LogP contribution in [0.15, 0.2) is 29.2 Å². The highest BCUT2D eigenvalue weighted by Gasteiger charge is 2.41. The van der Waals surface area contributed by atoms with E-state index in [1.54, 1.807) is 32.0 Å². The zero-order chi connectivity index (χ0) is 18.0. The number of benzene rings is 1. The van der Waals surface area contributed by atoms with Crippen molar-refractivity contribution in [1.29, 1.82) is 0 Å². The van der Waals surface area contributed by atoms with Crippen molar-refractivity contribution in [3.63, 3.8) is 0 Å². The van der Waals surface area contributed by atoms with Gasteiger partial charge in [0.2, 0.25) is 0 Å². The maximum absolute atomic E-state index is 12.6. The second-order valence-corrected chi connectivity index (χ2v) is 7.15. The molecule has 0 aromatic heterocycles. The summed E-state index contributed by atoms with van der Waals surface area (Å²) in [5, 5.41) is 18.6. The number of aliphatic carboxylic acids is 1. The van der Waals surface area contributed by atoms with Gasteiger partial charge in [-0.25, -0.2) is 9.59 Å². The van der Waals surface area contributed by atoms with Crippen LogP contribution < -0.4 is 0 Å². The summed E-state index contributed by atoms with van der Waals surface area (Å²) in [4.78, 5) is 36.6. The zero-order valence-electron chi connectivity index (χ0n) is 12.9. The minimum Gasteiger partial charge on any atom is -0.480 e. The van der Waals surface area contributed by atoms with Gasteiger partial charge in [-0.2, -0.15) is 0 Å². The van der Waals surface area contributed by atoms with E-state index in [4.69, 9.17) is 12.2 Å². The Kier molecular flexibility index (Phi) is 5.40. The zero-order valence-corrected chi connectivity index (χ0v) is 14.6. The third-order valence-corrected chi connectivity index (χ3v) is 4.79. The second kappa shape index (κ2) is 7.14. The predicted molar refractivity (Wildman–Crippen MR) is 94.7 cm³/mol. The van der Waals surface area contributed by atoms with E-state index in [9.17, 15) is 24.6 Å². The Labute approximate surface area is 148 Å². The molecular weight excluding hydrogens is 350 g/mol. The normalized spacial score (nSPS) is 17.6. The standard InChI is InChI=1S/C16H15NO5S2/c1-8(2)12(15(21)22)17-13(18)11(24-16(17)23)7-9-5-3-4-6-10(9)14(19)20/h3-8,12H,1-2H3,(H,19,20)(H,21,22)/b11-7+. The van der Waals surface area contributed by atoms with Crippen LogP contribution in [0.5, 0.6) is 0 Å². The first-order chi connectivity index (χ1) is 11.2. The fraction of sp³-hybridized carbons (Fsp3) is 0.250. The number of carboxylic acid groups (broad SMARTS) is 2. The lowest BCUT2D eigenvalue weighted by atomic mass is 10.0. The summed E-state index contributed by atoms with van der Waals surface area (Å²) in [7, 11) is 0. The lowest BCUT2D eigenvalue weighted by molar-refractivity contribution is -0.146. The van der Waals surface area contributed by atoms with Crippen LogP contribution in [0.1, 0.15) is 29.8 Å². The molecule has 1 atom stereocenters. The van der Waals surface area contributed by atoms with E-state index < -0.39 is 23.9 Å². The van der Waals surface area contributed by atoms with E-state index in [1.807, 2.05) is 0 Å². The van der Waals surface area contributed by atoms with Crippen LogP contribution in [0.4, 0.5) is 0 Å². The molecule has 1 aromatic carbocycles. The predicted octanol–water partition coefficient (Wildman–Crippen LogP) is 2.70. The summed E-state index contributed by atoms with van der Waals surface area (Å²) >= 11 is 6.13. The largest absolute Gasteiger partial charge is 0.480 e.